The fourth-order valence-corrected chi connectivity index (χ4v) is 0.714. The summed E-state index contributed by atoms with van der Waals surface area (Å²) < 4.78 is 0. The second-order valence-electron chi connectivity index (χ2n) is 3.64. The maximum Gasteiger partial charge on any atom is -0.0307 e. The molecule has 1 rings (SSSR count). The van der Waals surface area contributed by atoms with Crippen LogP contribution in [0.4, 0.5) is 0 Å². The van der Waals surface area contributed by atoms with Crippen LogP contribution in [0.2, 0.25) is 0 Å². The van der Waals surface area contributed by atoms with Gasteiger partial charge in [0.25, 0.3) is 0 Å². The lowest BCUT2D eigenvalue weighted by Crippen LogP contribution is -1.77. The van der Waals surface area contributed by atoms with Gasteiger partial charge in [-0.15, -0.1) is 0 Å². The van der Waals surface area contributed by atoms with Crippen molar-refractivity contribution in [2.45, 2.75) is 54.4 Å². The lowest BCUT2D eigenvalue weighted by Gasteiger charge is -1.90. The van der Waals surface area contributed by atoms with Crippen LogP contribution in [-0.2, 0) is 6.42 Å². The maximum atomic E-state index is 2.22. The van der Waals surface area contributed by atoms with Gasteiger partial charge in [-0.25, -0.2) is 0 Å². The fourth-order valence-electron chi connectivity index (χ4n) is 0.714. The molecule has 0 aromatic heterocycles. The van der Waals surface area contributed by atoms with E-state index in [2.05, 4.69) is 52.0 Å². The Balaban J connectivity index is 0. The Morgan fingerprint density at radius 3 is 1.53 bits per heavy atom. The second kappa shape index (κ2) is 13.2. The molecule has 88 valence electrons. The van der Waals surface area contributed by atoms with Crippen LogP contribution >= 0.6 is 0 Å². The third-order valence-electron chi connectivity index (χ3n) is 2.07. The Kier molecular flexibility index (Phi) is 14.7. The largest absolute Gasteiger partial charge is 0.0683 e. The average Bonchev–Trinajstić information content (AvgIpc) is 2.33. The van der Waals surface area contributed by atoms with Gasteiger partial charge in [-0.1, -0.05) is 78.3 Å². The van der Waals surface area contributed by atoms with Crippen molar-refractivity contribution in [1.82, 2.24) is 0 Å². The van der Waals surface area contributed by atoms with Crippen LogP contribution < -0.4 is 0 Å². The van der Waals surface area contributed by atoms with Gasteiger partial charge >= 0.3 is 0 Å². The molecule has 0 fully saturated rings. The first-order valence-electron chi connectivity index (χ1n) is 6.24. The SMILES string of the molecule is CC.CCC(C)C.CCc1ccccc1. The molecule has 0 atom stereocenters. The summed E-state index contributed by atoms with van der Waals surface area (Å²) in [5, 5.41) is 0. The summed E-state index contributed by atoms with van der Waals surface area (Å²) in [7, 11) is 0. The molecule has 0 aliphatic carbocycles. The molecule has 0 bridgehead atoms. The van der Waals surface area contributed by atoms with Crippen LogP contribution in [-0.4, -0.2) is 0 Å². The first-order chi connectivity index (χ1) is 7.20. The summed E-state index contributed by atoms with van der Waals surface area (Å²) in [6, 6.07) is 10.5. The molecule has 0 aliphatic heterocycles. The van der Waals surface area contributed by atoms with Gasteiger partial charge in [0.05, 0.1) is 0 Å². The van der Waals surface area contributed by atoms with Crippen LogP contribution in [0, 0.1) is 5.92 Å². The van der Waals surface area contributed by atoms with Crippen LogP contribution in [0.1, 0.15) is 53.5 Å². The topological polar surface area (TPSA) is 0 Å². The maximum absolute atomic E-state index is 2.22. The third kappa shape index (κ3) is 13.2. The monoisotopic (exact) mass is 208 g/mol. The number of rotatable bonds is 2. The number of hydrogen-bond donors (Lipinski definition) is 0. The van der Waals surface area contributed by atoms with Crippen LogP contribution in [0.3, 0.4) is 0 Å². The number of aryl methyl sites for hydroxylation is 1. The van der Waals surface area contributed by atoms with Crippen LogP contribution in [0.5, 0.6) is 0 Å². The molecular formula is C15H28. The smallest absolute Gasteiger partial charge is 0.0307 e. The Morgan fingerprint density at radius 1 is 0.933 bits per heavy atom. The summed E-state index contributed by atoms with van der Waals surface area (Å²) in [6.45, 7) is 12.8. The first-order valence-corrected chi connectivity index (χ1v) is 6.24. The van der Waals surface area contributed by atoms with E-state index in [0.29, 0.717) is 0 Å². The molecule has 0 unspecified atom stereocenters. The summed E-state index contributed by atoms with van der Waals surface area (Å²) in [5.74, 6) is 0.884. The van der Waals surface area contributed by atoms with E-state index in [4.69, 9.17) is 0 Å². The standard InChI is InChI=1S/C8H10.C5H12.C2H6/c1-2-8-6-4-3-5-7-8;1-4-5(2)3;1-2/h3-7H,2H2,1H3;5H,4H2,1-3H3;1-2H3. The van der Waals surface area contributed by atoms with Crippen LogP contribution in [0.15, 0.2) is 30.3 Å². The highest BCUT2D eigenvalue weighted by Crippen LogP contribution is 1.96. The summed E-state index contributed by atoms with van der Waals surface area (Å²) >= 11 is 0. The zero-order valence-corrected chi connectivity index (χ0v) is 11.4. The van der Waals surface area contributed by atoms with Crippen molar-refractivity contribution in [3.05, 3.63) is 35.9 Å². The number of benzene rings is 1. The van der Waals surface area contributed by atoms with Gasteiger partial charge in [0.2, 0.25) is 0 Å². The second-order valence-corrected chi connectivity index (χ2v) is 3.64. The third-order valence-corrected chi connectivity index (χ3v) is 2.07. The van der Waals surface area contributed by atoms with Crippen molar-refractivity contribution >= 4 is 0 Å². The molecule has 0 nitrogen and oxygen atoms in total. The molecule has 0 N–H and O–H groups in total. The molecule has 0 heterocycles. The van der Waals surface area contributed by atoms with Gasteiger partial charge in [-0.2, -0.15) is 0 Å². The van der Waals surface area contributed by atoms with Crippen molar-refractivity contribution in [2.75, 3.05) is 0 Å². The molecule has 0 saturated carbocycles. The minimum atomic E-state index is 0.884. The first kappa shape index (κ1) is 16.6. The van der Waals surface area contributed by atoms with Crippen LogP contribution in [0.25, 0.3) is 0 Å². The van der Waals surface area contributed by atoms with Crippen molar-refractivity contribution in [1.29, 1.82) is 0 Å². The highest BCUT2D eigenvalue weighted by atomic mass is 13.9. The minimum absolute atomic E-state index is 0.884. The van der Waals surface area contributed by atoms with E-state index in [1.165, 1.54) is 12.0 Å². The Morgan fingerprint density at radius 2 is 1.33 bits per heavy atom. The highest BCUT2D eigenvalue weighted by Gasteiger charge is 1.80. The van der Waals surface area contributed by atoms with E-state index in [9.17, 15) is 0 Å². The van der Waals surface area contributed by atoms with E-state index >= 15 is 0 Å². The minimum Gasteiger partial charge on any atom is -0.0683 e. The lowest BCUT2D eigenvalue weighted by atomic mass is 10.2. The quantitative estimate of drug-likeness (QED) is 0.616. The predicted molar refractivity (Wildman–Crippen MR) is 72.3 cm³/mol. The highest BCUT2D eigenvalue weighted by molar-refractivity contribution is 5.13. The Labute approximate surface area is 96.7 Å². The Bertz CT molecular complexity index is 186. The van der Waals surface area contributed by atoms with Crippen molar-refractivity contribution < 1.29 is 0 Å². The molecule has 0 saturated heterocycles. The van der Waals surface area contributed by atoms with Crippen molar-refractivity contribution in [2.24, 2.45) is 5.92 Å². The zero-order valence-electron chi connectivity index (χ0n) is 11.4. The predicted octanol–water partition coefficient (Wildman–Crippen LogP) is 5.33. The molecule has 0 radical (unpaired) electrons. The van der Waals surface area contributed by atoms with E-state index < -0.39 is 0 Å². The van der Waals surface area contributed by atoms with Gasteiger partial charge < -0.3 is 0 Å². The Hall–Kier alpha value is -0.780. The molecule has 0 heteroatoms. The van der Waals surface area contributed by atoms with E-state index in [0.717, 1.165) is 12.3 Å². The number of hydrogen-bond acceptors (Lipinski definition) is 0. The fraction of sp³-hybridized carbons (Fsp3) is 0.600. The van der Waals surface area contributed by atoms with Crippen molar-refractivity contribution in [3.63, 3.8) is 0 Å². The molecule has 0 aliphatic rings. The van der Waals surface area contributed by atoms with Gasteiger partial charge in [-0.05, 0) is 17.9 Å². The molecule has 0 amide bonds. The molecule has 15 heavy (non-hydrogen) atoms. The van der Waals surface area contributed by atoms with Crippen molar-refractivity contribution in [3.8, 4) is 0 Å². The van der Waals surface area contributed by atoms with Gasteiger partial charge in [-0.3, -0.25) is 0 Å². The van der Waals surface area contributed by atoms with Gasteiger partial charge in [0.1, 0.15) is 0 Å². The molecular weight excluding hydrogens is 180 g/mol. The van der Waals surface area contributed by atoms with Gasteiger partial charge in [0, 0.05) is 0 Å². The summed E-state index contributed by atoms with van der Waals surface area (Å²) in [6.07, 6.45) is 2.45. The zero-order chi connectivity index (χ0) is 12.1. The van der Waals surface area contributed by atoms with E-state index in [1.807, 2.05) is 19.9 Å². The summed E-state index contributed by atoms with van der Waals surface area (Å²) in [4.78, 5) is 0. The van der Waals surface area contributed by atoms with E-state index in [-0.39, 0.29) is 0 Å². The summed E-state index contributed by atoms with van der Waals surface area (Å²) in [5.41, 5.74) is 1.41. The lowest BCUT2D eigenvalue weighted by molar-refractivity contribution is 0.626. The molecule has 1 aromatic carbocycles. The molecule has 1 aromatic rings. The normalized spacial score (nSPS) is 8.47. The van der Waals surface area contributed by atoms with Gasteiger partial charge in [0.15, 0.2) is 0 Å². The van der Waals surface area contributed by atoms with E-state index in [1.54, 1.807) is 0 Å². The average molecular weight is 208 g/mol. The molecule has 0 spiro atoms.